The summed E-state index contributed by atoms with van der Waals surface area (Å²) in [6.07, 6.45) is 3.27. The summed E-state index contributed by atoms with van der Waals surface area (Å²) in [4.78, 5) is 16.9. The first kappa shape index (κ1) is 19.7. The van der Waals surface area contributed by atoms with E-state index in [0.29, 0.717) is 15.7 Å². The van der Waals surface area contributed by atoms with E-state index < -0.39 is 5.91 Å². The van der Waals surface area contributed by atoms with Gasteiger partial charge in [-0.25, -0.2) is 4.98 Å². The van der Waals surface area contributed by atoms with Crippen molar-refractivity contribution in [1.82, 2.24) is 9.55 Å². The van der Waals surface area contributed by atoms with Crippen molar-refractivity contribution in [3.8, 4) is 11.9 Å². The van der Waals surface area contributed by atoms with E-state index >= 15 is 0 Å². The Hall–Kier alpha value is -3.07. The molecule has 0 saturated heterocycles. The van der Waals surface area contributed by atoms with E-state index in [1.807, 2.05) is 48.7 Å². The predicted molar refractivity (Wildman–Crippen MR) is 112 cm³/mol. The Morgan fingerprint density at radius 2 is 2.00 bits per heavy atom. The summed E-state index contributed by atoms with van der Waals surface area (Å²) in [6.45, 7) is 3.86. The fourth-order valence-corrected chi connectivity index (χ4v) is 3.31. The van der Waals surface area contributed by atoms with Gasteiger partial charge < -0.3 is 9.88 Å². The summed E-state index contributed by atoms with van der Waals surface area (Å²) in [5.41, 5.74) is 2.93. The summed E-state index contributed by atoms with van der Waals surface area (Å²) in [5.74, 6) is 0.224. The number of aryl methyl sites for hydroxylation is 1. The molecule has 0 unspecified atom stereocenters. The van der Waals surface area contributed by atoms with Crippen LogP contribution in [0.2, 0.25) is 10.0 Å². The molecule has 28 heavy (non-hydrogen) atoms. The highest BCUT2D eigenvalue weighted by Crippen LogP contribution is 2.26. The molecule has 0 spiro atoms. The van der Waals surface area contributed by atoms with Crippen LogP contribution in [0.25, 0.3) is 11.9 Å². The Balaban J connectivity index is 1.93. The lowest BCUT2D eigenvalue weighted by molar-refractivity contribution is -0.112. The lowest BCUT2D eigenvalue weighted by Crippen LogP contribution is -2.13. The first-order chi connectivity index (χ1) is 13.4. The molecule has 1 aromatic carbocycles. The fourth-order valence-electron chi connectivity index (χ4n) is 2.86. The van der Waals surface area contributed by atoms with Crippen molar-refractivity contribution in [3.05, 3.63) is 81.2 Å². The Morgan fingerprint density at radius 1 is 1.21 bits per heavy atom. The molecule has 2 heterocycles. The van der Waals surface area contributed by atoms with Crippen molar-refractivity contribution in [1.29, 1.82) is 5.26 Å². The molecule has 0 radical (unpaired) electrons. The third-order valence-corrected chi connectivity index (χ3v) is 4.74. The number of halogens is 2. The van der Waals surface area contributed by atoms with Crippen molar-refractivity contribution < 1.29 is 4.79 Å². The molecule has 0 aliphatic carbocycles. The smallest absolute Gasteiger partial charge is 0.266 e. The second-order valence-corrected chi connectivity index (χ2v) is 6.94. The maximum absolute atomic E-state index is 12.5. The SMILES string of the molecule is Cc1cc(/C=C(\C#N)C(=O)Nc2ccc(Cl)cc2Cl)c(C)n1-c1ccccn1. The zero-order valence-corrected chi connectivity index (χ0v) is 16.7. The van der Waals surface area contributed by atoms with Gasteiger partial charge in [-0.05, 0) is 61.9 Å². The Labute approximate surface area is 172 Å². The Kier molecular flexibility index (Phi) is 5.84. The molecule has 3 aromatic rings. The number of nitriles is 1. The number of aromatic nitrogens is 2. The number of hydrogen-bond acceptors (Lipinski definition) is 3. The lowest BCUT2D eigenvalue weighted by atomic mass is 10.1. The Morgan fingerprint density at radius 3 is 2.64 bits per heavy atom. The molecule has 5 nitrogen and oxygen atoms in total. The molecule has 1 amide bonds. The average Bonchev–Trinajstić information content (AvgIpc) is 2.95. The largest absolute Gasteiger partial charge is 0.320 e. The number of pyridine rings is 1. The van der Waals surface area contributed by atoms with E-state index in [-0.39, 0.29) is 5.57 Å². The second kappa shape index (κ2) is 8.30. The summed E-state index contributed by atoms with van der Waals surface area (Å²) in [5, 5.41) is 12.9. The first-order valence-electron chi connectivity index (χ1n) is 8.39. The van der Waals surface area contributed by atoms with Crippen molar-refractivity contribution >= 4 is 40.9 Å². The number of carbonyl (C=O) groups excluding carboxylic acids is 1. The van der Waals surface area contributed by atoms with Crippen LogP contribution in [-0.4, -0.2) is 15.5 Å². The first-order valence-corrected chi connectivity index (χ1v) is 9.15. The number of amides is 1. The van der Waals surface area contributed by atoms with Crippen molar-refractivity contribution in [3.63, 3.8) is 0 Å². The van der Waals surface area contributed by atoms with Crippen LogP contribution in [0.1, 0.15) is 17.0 Å². The van der Waals surface area contributed by atoms with Crippen LogP contribution in [0.15, 0.2) is 54.2 Å². The molecule has 1 N–H and O–H groups in total. The van der Waals surface area contributed by atoms with Crippen LogP contribution in [0.4, 0.5) is 5.69 Å². The number of carbonyl (C=O) groups is 1. The van der Waals surface area contributed by atoms with Gasteiger partial charge in [-0.3, -0.25) is 4.79 Å². The molecule has 2 aromatic heterocycles. The van der Waals surface area contributed by atoms with Crippen LogP contribution in [0.5, 0.6) is 0 Å². The maximum atomic E-state index is 12.5. The maximum Gasteiger partial charge on any atom is 0.266 e. The minimum atomic E-state index is -0.547. The molecule has 0 aliphatic heterocycles. The van der Waals surface area contributed by atoms with E-state index in [1.165, 1.54) is 6.07 Å². The minimum Gasteiger partial charge on any atom is -0.320 e. The highest BCUT2D eigenvalue weighted by molar-refractivity contribution is 6.36. The zero-order valence-electron chi connectivity index (χ0n) is 15.2. The third kappa shape index (κ3) is 4.09. The van der Waals surface area contributed by atoms with Crippen LogP contribution >= 0.6 is 23.2 Å². The number of anilines is 1. The fraction of sp³-hybridized carbons (Fsp3) is 0.0952. The van der Waals surface area contributed by atoms with Crippen molar-refractivity contribution in [2.75, 3.05) is 5.32 Å². The van der Waals surface area contributed by atoms with Gasteiger partial charge in [0, 0.05) is 22.6 Å². The predicted octanol–water partition coefficient (Wildman–Crippen LogP) is 5.34. The minimum absolute atomic E-state index is 0.0349. The van der Waals surface area contributed by atoms with Gasteiger partial charge in [0.2, 0.25) is 0 Å². The molecule has 0 aliphatic rings. The Bertz CT molecular complexity index is 1110. The molecule has 0 bridgehead atoms. The van der Waals surface area contributed by atoms with E-state index in [4.69, 9.17) is 23.2 Å². The van der Waals surface area contributed by atoms with Crippen molar-refractivity contribution in [2.45, 2.75) is 13.8 Å². The van der Waals surface area contributed by atoms with Crippen LogP contribution in [0.3, 0.4) is 0 Å². The molecule has 3 rings (SSSR count). The standard InChI is InChI=1S/C21H16Cl2N4O/c1-13-9-15(14(2)27(13)20-5-3-4-8-25-20)10-16(12-24)21(28)26-19-7-6-17(22)11-18(19)23/h3-11H,1-2H3,(H,26,28)/b16-10+. The third-order valence-electron chi connectivity index (χ3n) is 4.19. The topological polar surface area (TPSA) is 70.7 Å². The molecule has 0 fully saturated rings. The molecule has 0 atom stereocenters. The summed E-state index contributed by atoms with van der Waals surface area (Å²) in [7, 11) is 0. The lowest BCUT2D eigenvalue weighted by Gasteiger charge is -2.08. The average molecular weight is 411 g/mol. The number of benzene rings is 1. The van der Waals surface area contributed by atoms with Crippen LogP contribution < -0.4 is 5.32 Å². The molecule has 7 heteroatoms. The number of hydrogen-bond donors (Lipinski definition) is 1. The summed E-state index contributed by atoms with van der Waals surface area (Å²) < 4.78 is 1.97. The van der Waals surface area contributed by atoms with E-state index in [1.54, 1.807) is 24.4 Å². The normalized spacial score (nSPS) is 11.2. The molecule has 0 saturated carbocycles. The molecular weight excluding hydrogens is 395 g/mol. The number of nitrogens with one attached hydrogen (secondary N) is 1. The number of rotatable bonds is 4. The van der Waals surface area contributed by atoms with Gasteiger partial charge in [0.15, 0.2) is 0 Å². The van der Waals surface area contributed by atoms with Crippen LogP contribution in [-0.2, 0) is 4.79 Å². The zero-order chi connectivity index (χ0) is 20.3. The van der Waals surface area contributed by atoms with Gasteiger partial charge in [0.25, 0.3) is 5.91 Å². The van der Waals surface area contributed by atoms with Gasteiger partial charge >= 0.3 is 0 Å². The second-order valence-electron chi connectivity index (χ2n) is 6.10. The van der Waals surface area contributed by atoms with Crippen molar-refractivity contribution in [2.24, 2.45) is 0 Å². The van der Waals surface area contributed by atoms with E-state index in [0.717, 1.165) is 22.8 Å². The van der Waals surface area contributed by atoms with E-state index in [9.17, 15) is 10.1 Å². The van der Waals surface area contributed by atoms with Crippen LogP contribution in [0, 0.1) is 25.2 Å². The van der Waals surface area contributed by atoms with Gasteiger partial charge in [0.1, 0.15) is 17.5 Å². The quantitative estimate of drug-likeness (QED) is 0.465. The molecular formula is C21H16Cl2N4O. The summed E-state index contributed by atoms with van der Waals surface area (Å²) in [6, 6.07) is 14.2. The van der Waals surface area contributed by atoms with Gasteiger partial charge in [0.05, 0.1) is 10.7 Å². The summed E-state index contributed by atoms with van der Waals surface area (Å²) >= 11 is 12.0. The van der Waals surface area contributed by atoms with Gasteiger partial charge in [-0.2, -0.15) is 5.26 Å². The molecule has 140 valence electrons. The van der Waals surface area contributed by atoms with Gasteiger partial charge in [-0.1, -0.05) is 29.3 Å². The highest BCUT2D eigenvalue weighted by Gasteiger charge is 2.15. The number of nitrogens with zero attached hydrogens (tertiary/aromatic N) is 3. The van der Waals surface area contributed by atoms with Gasteiger partial charge in [-0.15, -0.1) is 0 Å². The highest BCUT2D eigenvalue weighted by atomic mass is 35.5. The monoisotopic (exact) mass is 410 g/mol. The van der Waals surface area contributed by atoms with E-state index in [2.05, 4.69) is 10.3 Å².